The number of aromatic nitrogens is 2. The normalized spacial score (nSPS) is 13.1. The SMILES string of the molecule is N#CC(/C(=N/S(=O)(=O)c1ccccc1)c1ccccc1)c1nc2ccccc2[nH]1. The highest BCUT2D eigenvalue weighted by Crippen LogP contribution is 2.24. The summed E-state index contributed by atoms with van der Waals surface area (Å²) in [6, 6.07) is 26.3. The number of imidazole rings is 1. The summed E-state index contributed by atoms with van der Waals surface area (Å²) in [5, 5.41) is 9.92. The molecule has 3 aromatic carbocycles. The van der Waals surface area contributed by atoms with Crippen LogP contribution in [0.4, 0.5) is 0 Å². The van der Waals surface area contributed by atoms with Gasteiger partial charge in [-0.3, -0.25) is 0 Å². The minimum atomic E-state index is -4.01. The van der Waals surface area contributed by atoms with E-state index in [9.17, 15) is 13.7 Å². The lowest BCUT2D eigenvalue weighted by atomic mass is 9.97. The first-order valence-electron chi connectivity index (χ1n) is 8.88. The molecule has 29 heavy (non-hydrogen) atoms. The van der Waals surface area contributed by atoms with Crippen LogP contribution in [0.3, 0.4) is 0 Å². The zero-order valence-electron chi connectivity index (χ0n) is 15.2. The molecule has 1 heterocycles. The maximum Gasteiger partial charge on any atom is 0.282 e. The highest BCUT2D eigenvalue weighted by atomic mass is 32.2. The van der Waals surface area contributed by atoms with E-state index in [-0.39, 0.29) is 10.6 Å². The number of hydrogen-bond donors (Lipinski definition) is 1. The van der Waals surface area contributed by atoms with Crippen molar-refractivity contribution in [1.82, 2.24) is 9.97 Å². The maximum atomic E-state index is 12.9. The van der Waals surface area contributed by atoms with Gasteiger partial charge in [0.05, 0.1) is 27.7 Å². The van der Waals surface area contributed by atoms with E-state index in [0.717, 1.165) is 5.52 Å². The first kappa shape index (κ1) is 18.6. The number of rotatable bonds is 5. The summed E-state index contributed by atoms with van der Waals surface area (Å²) in [6.45, 7) is 0. The Balaban J connectivity index is 1.89. The van der Waals surface area contributed by atoms with Gasteiger partial charge < -0.3 is 4.98 Å². The predicted molar refractivity (Wildman–Crippen MR) is 111 cm³/mol. The molecule has 4 aromatic rings. The van der Waals surface area contributed by atoms with Crippen molar-refractivity contribution in [2.24, 2.45) is 4.40 Å². The van der Waals surface area contributed by atoms with E-state index in [1.54, 1.807) is 42.5 Å². The van der Waals surface area contributed by atoms with Crippen LogP contribution in [0.2, 0.25) is 0 Å². The van der Waals surface area contributed by atoms with E-state index >= 15 is 0 Å². The molecule has 0 radical (unpaired) electrons. The third-order valence-electron chi connectivity index (χ3n) is 4.41. The Hall–Kier alpha value is -3.76. The largest absolute Gasteiger partial charge is 0.341 e. The number of hydrogen-bond acceptors (Lipinski definition) is 4. The van der Waals surface area contributed by atoms with Crippen molar-refractivity contribution in [1.29, 1.82) is 5.26 Å². The summed E-state index contributed by atoms with van der Waals surface area (Å²) >= 11 is 0. The number of aromatic amines is 1. The molecule has 0 amide bonds. The molecule has 1 aromatic heterocycles. The van der Waals surface area contributed by atoms with Gasteiger partial charge in [-0.05, 0) is 29.8 Å². The minimum absolute atomic E-state index is 0.0646. The number of para-hydroxylation sites is 2. The Kier molecular flexibility index (Phi) is 4.94. The molecule has 1 unspecified atom stereocenters. The molecule has 1 N–H and O–H groups in total. The molecular formula is C22H16N4O2S. The Labute approximate surface area is 168 Å². The number of sulfonamides is 1. The van der Waals surface area contributed by atoms with Crippen LogP contribution in [0.15, 0.2) is 94.2 Å². The van der Waals surface area contributed by atoms with Gasteiger partial charge in [-0.1, -0.05) is 60.7 Å². The second kappa shape index (κ2) is 7.70. The molecule has 4 rings (SSSR count). The Bertz CT molecular complexity index is 1290. The highest BCUT2D eigenvalue weighted by molar-refractivity contribution is 7.90. The average molecular weight is 400 g/mol. The van der Waals surface area contributed by atoms with Gasteiger partial charge in [0.1, 0.15) is 11.7 Å². The van der Waals surface area contributed by atoms with Gasteiger partial charge in [0.25, 0.3) is 10.0 Å². The Morgan fingerprint density at radius 3 is 2.21 bits per heavy atom. The maximum absolute atomic E-state index is 12.9. The van der Waals surface area contributed by atoms with Crippen molar-refractivity contribution in [3.63, 3.8) is 0 Å². The van der Waals surface area contributed by atoms with Gasteiger partial charge in [0, 0.05) is 0 Å². The van der Waals surface area contributed by atoms with E-state index in [1.807, 2.05) is 30.3 Å². The fourth-order valence-electron chi connectivity index (χ4n) is 3.02. The molecule has 0 fully saturated rings. The van der Waals surface area contributed by atoms with Crippen LogP contribution in [0.1, 0.15) is 17.3 Å². The molecule has 0 aliphatic heterocycles. The second-order valence-electron chi connectivity index (χ2n) is 6.33. The minimum Gasteiger partial charge on any atom is -0.341 e. The monoisotopic (exact) mass is 400 g/mol. The van der Waals surface area contributed by atoms with E-state index in [4.69, 9.17) is 0 Å². The van der Waals surface area contributed by atoms with Gasteiger partial charge in [0.2, 0.25) is 0 Å². The van der Waals surface area contributed by atoms with Crippen molar-refractivity contribution < 1.29 is 8.42 Å². The fourth-order valence-corrected chi connectivity index (χ4v) is 4.09. The summed E-state index contributed by atoms with van der Waals surface area (Å²) in [4.78, 5) is 7.66. The van der Waals surface area contributed by atoms with Gasteiger partial charge in [0.15, 0.2) is 0 Å². The van der Waals surface area contributed by atoms with E-state index in [0.29, 0.717) is 16.9 Å². The molecule has 6 nitrogen and oxygen atoms in total. The molecule has 1 atom stereocenters. The van der Waals surface area contributed by atoms with E-state index in [2.05, 4.69) is 20.4 Å². The smallest absolute Gasteiger partial charge is 0.282 e. The van der Waals surface area contributed by atoms with Gasteiger partial charge >= 0.3 is 0 Å². The van der Waals surface area contributed by atoms with E-state index in [1.165, 1.54) is 12.1 Å². The molecular weight excluding hydrogens is 384 g/mol. The summed E-state index contributed by atoms with van der Waals surface area (Å²) < 4.78 is 29.9. The third-order valence-corrected chi connectivity index (χ3v) is 5.72. The zero-order valence-corrected chi connectivity index (χ0v) is 16.0. The summed E-state index contributed by atoms with van der Waals surface area (Å²) in [6.07, 6.45) is 0. The second-order valence-corrected chi connectivity index (χ2v) is 7.94. The van der Waals surface area contributed by atoms with Gasteiger partial charge in [-0.2, -0.15) is 18.1 Å². The number of nitrogens with one attached hydrogen (secondary N) is 1. The van der Waals surface area contributed by atoms with Crippen LogP contribution in [-0.2, 0) is 10.0 Å². The number of nitrogens with zero attached hydrogens (tertiary/aromatic N) is 3. The lowest BCUT2D eigenvalue weighted by Crippen LogP contribution is -2.16. The summed E-state index contributed by atoms with van der Waals surface area (Å²) in [5.41, 5.74) is 2.12. The molecule has 0 bridgehead atoms. The number of nitriles is 1. The van der Waals surface area contributed by atoms with Crippen LogP contribution in [0, 0.1) is 11.3 Å². The van der Waals surface area contributed by atoms with Crippen LogP contribution >= 0.6 is 0 Å². The average Bonchev–Trinajstić information content (AvgIpc) is 3.18. The first-order chi connectivity index (χ1) is 14.1. The van der Waals surface area contributed by atoms with Crippen molar-refractivity contribution in [2.45, 2.75) is 10.8 Å². The fraction of sp³-hybridized carbons (Fsp3) is 0.0455. The lowest BCUT2D eigenvalue weighted by molar-refractivity contribution is 0.598. The number of H-pyrrole nitrogens is 1. The standard InChI is InChI=1S/C22H16N4O2S/c23-15-18(22-24-19-13-7-8-14-20(19)25-22)21(16-9-3-1-4-10-16)26-29(27,28)17-11-5-2-6-12-17/h1-14,18H,(H,24,25)/b26-21+. The number of fused-ring (bicyclic) bond motifs is 1. The van der Waals surface area contributed by atoms with Crippen molar-refractivity contribution in [2.75, 3.05) is 0 Å². The van der Waals surface area contributed by atoms with Gasteiger partial charge in [-0.25, -0.2) is 4.98 Å². The lowest BCUT2D eigenvalue weighted by Gasteiger charge is -2.11. The molecule has 7 heteroatoms. The molecule has 0 saturated heterocycles. The van der Waals surface area contributed by atoms with Crippen molar-refractivity contribution >= 4 is 26.8 Å². The molecule has 0 saturated carbocycles. The Morgan fingerprint density at radius 1 is 0.931 bits per heavy atom. The van der Waals surface area contributed by atoms with Crippen LogP contribution in [-0.4, -0.2) is 24.1 Å². The first-order valence-corrected chi connectivity index (χ1v) is 10.3. The third kappa shape index (κ3) is 3.79. The van der Waals surface area contributed by atoms with Crippen LogP contribution < -0.4 is 0 Å². The molecule has 0 aliphatic rings. The zero-order chi connectivity index (χ0) is 20.3. The predicted octanol–water partition coefficient (Wildman–Crippen LogP) is 4.05. The van der Waals surface area contributed by atoms with Crippen molar-refractivity contribution in [3.05, 3.63) is 96.3 Å². The Morgan fingerprint density at radius 2 is 1.55 bits per heavy atom. The van der Waals surface area contributed by atoms with Gasteiger partial charge in [-0.15, -0.1) is 0 Å². The summed E-state index contributed by atoms with van der Waals surface area (Å²) in [5.74, 6) is -0.636. The van der Waals surface area contributed by atoms with Crippen LogP contribution in [0.5, 0.6) is 0 Å². The topological polar surface area (TPSA) is 99.0 Å². The van der Waals surface area contributed by atoms with Crippen molar-refractivity contribution in [3.8, 4) is 6.07 Å². The molecule has 0 aliphatic carbocycles. The van der Waals surface area contributed by atoms with E-state index < -0.39 is 15.9 Å². The molecule has 0 spiro atoms. The number of benzene rings is 3. The summed E-state index contributed by atoms with van der Waals surface area (Å²) in [7, 11) is -4.01. The van der Waals surface area contributed by atoms with Crippen LogP contribution in [0.25, 0.3) is 11.0 Å². The molecule has 142 valence electrons. The highest BCUT2D eigenvalue weighted by Gasteiger charge is 2.26. The quantitative estimate of drug-likeness (QED) is 0.511.